The van der Waals surface area contributed by atoms with Crippen LogP contribution in [0.5, 0.6) is 0 Å². The highest BCUT2D eigenvalue weighted by atomic mass is 35.5. The molecule has 1 atom stereocenters. The van der Waals surface area contributed by atoms with E-state index in [1.54, 1.807) is 13.0 Å². The molecule has 0 aliphatic heterocycles. The molecule has 0 amide bonds. The number of hydrogen-bond donors (Lipinski definition) is 2. The van der Waals surface area contributed by atoms with Gasteiger partial charge in [0.2, 0.25) is 0 Å². The minimum absolute atomic E-state index is 0.0691. The molecular weight excluding hydrogens is 243 g/mol. The molecule has 0 fully saturated rings. The third-order valence-electron chi connectivity index (χ3n) is 2.55. The normalized spacial score (nSPS) is 13.1. The molecule has 96 valence electrons. The van der Waals surface area contributed by atoms with Crippen molar-refractivity contribution in [3.05, 3.63) is 34.1 Å². The zero-order valence-electron chi connectivity index (χ0n) is 10.1. The number of rotatable bonds is 5. The molecule has 0 saturated carbocycles. The summed E-state index contributed by atoms with van der Waals surface area (Å²) in [6.45, 7) is 2.64. The number of nitrogens with zero attached hydrogens (tertiary/aromatic N) is 1. The molecule has 5 heteroatoms. The van der Waals surface area contributed by atoms with Crippen molar-refractivity contribution < 1.29 is 9.50 Å². The lowest BCUT2D eigenvalue weighted by Gasteiger charge is -2.20. The fraction of sp³-hybridized carbons (Fsp3) is 0.500. The van der Waals surface area contributed by atoms with Crippen LogP contribution in [0, 0.1) is 12.7 Å². The lowest BCUT2D eigenvalue weighted by atomic mass is 10.1. The fourth-order valence-corrected chi connectivity index (χ4v) is 1.90. The second-order valence-electron chi connectivity index (χ2n) is 4.33. The maximum absolute atomic E-state index is 13.4. The van der Waals surface area contributed by atoms with Crippen molar-refractivity contribution in [2.75, 3.05) is 20.2 Å². The molecule has 0 aliphatic rings. The summed E-state index contributed by atoms with van der Waals surface area (Å²) in [4.78, 5) is 1.90. The molecule has 0 heterocycles. The van der Waals surface area contributed by atoms with Crippen LogP contribution in [0.25, 0.3) is 0 Å². The first-order chi connectivity index (χ1) is 7.93. The van der Waals surface area contributed by atoms with Gasteiger partial charge in [0.25, 0.3) is 0 Å². The maximum atomic E-state index is 13.4. The Morgan fingerprint density at radius 3 is 2.76 bits per heavy atom. The summed E-state index contributed by atoms with van der Waals surface area (Å²) in [6, 6.07) is 2.76. The molecule has 1 aromatic rings. The monoisotopic (exact) mass is 260 g/mol. The van der Waals surface area contributed by atoms with Crippen LogP contribution in [0.2, 0.25) is 5.02 Å². The van der Waals surface area contributed by atoms with Crippen molar-refractivity contribution in [1.82, 2.24) is 4.90 Å². The minimum atomic E-state index is -0.297. The molecule has 17 heavy (non-hydrogen) atoms. The number of hydrogen-bond acceptors (Lipinski definition) is 3. The molecule has 0 bridgehead atoms. The molecule has 3 nitrogen and oxygen atoms in total. The fourth-order valence-electron chi connectivity index (χ4n) is 1.62. The summed E-state index contributed by atoms with van der Waals surface area (Å²) < 4.78 is 13.4. The third-order valence-corrected chi connectivity index (χ3v) is 2.90. The van der Waals surface area contributed by atoms with Crippen molar-refractivity contribution in [2.45, 2.75) is 19.5 Å². The van der Waals surface area contributed by atoms with Gasteiger partial charge in [0.15, 0.2) is 0 Å². The SMILES string of the molecule is Cc1cc(Cl)c(CN(C)CC(N)CO)cc1F. The predicted molar refractivity (Wildman–Crippen MR) is 67.5 cm³/mol. The summed E-state index contributed by atoms with van der Waals surface area (Å²) in [5.41, 5.74) is 6.88. The van der Waals surface area contributed by atoms with E-state index >= 15 is 0 Å². The molecule has 3 N–H and O–H groups in total. The van der Waals surface area contributed by atoms with Gasteiger partial charge in [-0.25, -0.2) is 4.39 Å². The van der Waals surface area contributed by atoms with Gasteiger partial charge < -0.3 is 15.7 Å². The van der Waals surface area contributed by atoms with E-state index in [0.29, 0.717) is 23.7 Å². The smallest absolute Gasteiger partial charge is 0.126 e. The standard InChI is InChI=1S/C12H18ClFN2O/c1-8-3-11(13)9(4-12(8)14)5-16(2)6-10(15)7-17/h3-4,10,17H,5-7,15H2,1-2H3. The van der Waals surface area contributed by atoms with E-state index in [1.807, 2.05) is 11.9 Å². The van der Waals surface area contributed by atoms with Crippen LogP contribution in [0.1, 0.15) is 11.1 Å². The first-order valence-electron chi connectivity index (χ1n) is 5.43. The summed E-state index contributed by atoms with van der Waals surface area (Å²) in [7, 11) is 1.85. The number of halogens is 2. The average molecular weight is 261 g/mol. The zero-order valence-corrected chi connectivity index (χ0v) is 10.8. The Morgan fingerprint density at radius 2 is 2.18 bits per heavy atom. The minimum Gasteiger partial charge on any atom is -0.395 e. The summed E-state index contributed by atoms with van der Waals surface area (Å²) in [5, 5.41) is 9.40. The highest BCUT2D eigenvalue weighted by Crippen LogP contribution is 2.21. The van der Waals surface area contributed by atoms with Crippen LogP contribution in [0.4, 0.5) is 4.39 Å². The van der Waals surface area contributed by atoms with E-state index in [1.165, 1.54) is 6.07 Å². The van der Waals surface area contributed by atoms with E-state index in [4.69, 9.17) is 22.4 Å². The largest absolute Gasteiger partial charge is 0.395 e. The number of nitrogens with two attached hydrogens (primary N) is 1. The van der Waals surface area contributed by atoms with E-state index < -0.39 is 0 Å². The quantitative estimate of drug-likeness (QED) is 0.844. The van der Waals surface area contributed by atoms with Crippen LogP contribution >= 0.6 is 11.6 Å². The van der Waals surface area contributed by atoms with E-state index in [2.05, 4.69) is 0 Å². The van der Waals surface area contributed by atoms with Gasteiger partial charge in [-0.1, -0.05) is 11.6 Å². The third kappa shape index (κ3) is 4.24. The highest BCUT2D eigenvalue weighted by Gasteiger charge is 2.10. The number of aryl methyl sites for hydroxylation is 1. The maximum Gasteiger partial charge on any atom is 0.126 e. The Balaban J connectivity index is 2.71. The lowest BCUT2D eigenvalue weighted by Crippen LogP contribution is -2.37. The van der Waals surface area contributed by atoms with Crippen LogP contribution in [-0.2, 0) is 6.54 Å². The molecule has 0 radical (unpaired) electrons. The van der Waals surface area contributed by atoms with E-state index in [-0.39, 0.29) is 18.5 Å². The van der Waals surface area contributed by atoms with Gasteiger partial charge in [-0.05, 0) is 37.2 Å². The van der Waals surface area contributed by atoms with Gasteiger partial charge in [0, 0.05) is 24.2 Å². The van der Waals surface area contributed by atoms with Crippen LogP contribution in [0.3, 0.4) is 0 Å². The van der Waals surface area contributed by atoms with Gasteiger partial charge in [0.05, 0.1) is 6.61 Å². The van der Waals surface area contributed by atoms with Crippen molar-refractivity contribution in [1.29, 1.82) is 0 Å². The molecule has 1 rings (SSSR count). The summed E-state index contributed by atoms with van der Waals surface area (Å²) in [5.74, 6) is -0.260. The average Bonchev–Trinajstić information content (AvgIpc) is 2.25. The molecule has 0 spiro atoms. The molecule has 0 aromatic heterocycles. The molecule has 1 aromatic carbocycles. The zero-order chi connectivity index (χ0) is 13.0. The van der Waals surface area contributed by atoms with E-state index in [0.717, 1.165) is 5.56 Å². The van der Waals surface area contributed by atoms with Crippen molar-refractivity contribution in [3.63, 3.8) is 0 Å². The Hall–Kier alpha value is -0.680. The summed E-state index contributed by atoms with van der Waals surface area (Å²) >= 11 is 6.04. The first-order valence-corrected chi connectivity index (χ1v) is 5.81. The number of aliphatic hydroxyl groups is 1. The van der Waals surface area contributed by atoms with Crippen molar-refractivity contribution in [3.8, 4) is 0 Å². The van der Waals surface area contributed by atoms with Gasteiger partial charge in [-0.2, -0.15) is 0 Å². The topological polar surface area (TPSA) is 49.5 Å². The summed E-state index contributed by atoms with van der Waals surface area (Å²) in [6.07, 6.45) is 0. The second-order valence-corrected chi connectivity index (χ2v) is 4.74. The molecule has 0 saturated heterocycles. The van der Waals surface area contributed by atoms with Crippen LogP contribution in [-0.4, -0.2) is 36.2 Å². The highest BCUT2D eigenvalue weighted by molar-refractivity contribution is 6.31. The predicted octanol–water partition coefficient (Wildman–Crippen LogP) is 1.54. The van der Waals surface area contributed by atoms with Crippen LogP contribution in [0.15, 0.2) is 12.1 Å². The van der Waals surface area contributed by atoms with Crippen molar-refractivity contribution >= 4 is 11.6 Å². The number of likely N-dealkylation sites (N-methyl/N-ethyl adjacent to an activating group) is 1. The van der Waals surface area contributed by atoms with Crippen molar-refractivity contribution in [2.24, 2.45) is 5.73 Å². The molecule has 0 aliphatic carbocycles. The Kier molecular flexibility index (Phi) is 5.33. The first kappa shape index (κ1) is 14.4. The molecular formula is C12H18ClFN2O. The Morgan fingerprint density at radius 1 is 1.53 bits per heavy atom. The Bertz CT molecular complexity index is 387. The second kappa shape index (κ2) is 6.31. The lowest BCUT2D eigenvalue weighted by molar-refractivity contribution is 0.218. The van der Waals surface area contributed by atoms with Crippen LogP contribution < -0.4 is 5.73 Å². The molecule has 1 unspecified atom stereocenters. The number of benzene rings is 1. The van der Waals surface area contributed by atoms with Gasteiger partial charge in [0.1, 0.15) is 5.82 Å². The van der Waals surface area contributed by atoms with E-state index in [9.17, 15) is 4.39 Å². The van der Waals surface area contributed by atoms with Gasteiger partial charge in [-0.3, -0.25) is 0 Å². The van der Waals surface area contributed by atoms with Gasteiger partial charge >= 0.3 is 0 Å². The Labute approximate surface area is 106 Å². The van der Waals surface area contributed by atoms with Gasteiger partial charge in [-0.15, -0.1) is 0 Å². The number of aliphatic hydroxyl groups excluding tert-OH is 1.